The first kappa shape index (κ1) is 19.1. The Hall–Kier alpha value is -3.27. The third-order valence-corrected chi connectivity index (χ3v) is 6.00. The molecule has 0 spiro atoms. The lowest BCUT2D eigenvalue weighted by Crippen LogP contribution is -2.40. The molecule has 29 heavy (non-hydrogen) atoms. The van der Waals surface area contributed by atoms with E-state index in [-0.39, 0.29) is 53.5 Å². The molecule has 0 aliphatic carbocycles. The number of sulfonamides is 1. The molecular weight excluding hydrogens is 400 g/mol. The Bertz CT molecular complexity index is 1080. The highest BCUT2D eigenvalue weighted by molar-refractivity contribution is 7.92. The maximum atomic E-state index is 13.0. The summed E-state index contributed by atoms with van der Waals surface area (Å²) in [4.78, 5) is 25.2. The first-order valence-corrected chi connectivity index (χ1v) is 10.3. The van der Waals surface area contributed by atoms with E-state index in [1.165, 1.54) is 31.4 Å². The van der Waals surface area contributed by atoms with Gasteiger partial charge in [-0.3, -0.25) is 19.2 Å². The van der Waals surface area contributed by atoms with Gasteiger partial charge in [0, 0.05) is 18.9 Å². The van der Waals surface area contributed by atoms with Gasteiger partial charge < -0.3 is 14.2 Å². The number of piperidine rings is 1. The quantitative estimate of drug-likeness (QED) is 0.742. The Labute approximate surface area is 167 Å². The highest BCUT2D eigenvalue weighted by Crippen LogP contribution is 2.36. The van der Waals surface area contributed by atoms with E-state index in [2.05, 4.69) is 4.72 Å². The van der Waals surface area contributed by atoms with Gasteiger partial charge in [0.1, 0.15) is 10.6 Å². The molecule has 4 rings (SSSR count). The third kappa shape index (κ3) is 3.58. The number of methoxy groups -OCH3 is 1. The number of hydrogen-bond acceptors (Lipinski definition) is 7. The molecule has 0 radical (unpaired) electrons. The molecule has 152 valence electrons. The lowest BCUT2D eigenvalue weighted by Gasteiger charge is -2.25. The summed E-state index contributed by atoms with van der Waals surface area (Å²) in [6.07, 6.45) is 0.950. The van der Waals surface area contributed by atoms with Crippen LogP contribution in [0, 0.1) is 0 Å². The zero-order valence-corrected chi connectivity index (χ0v) is 16.3. The summed E-state index contributed by atoms with van der Waals surface area (Å²) >= 11 is 0. The van der Waals surface area contributed by atoms with E-state index in [4.69, 9.17) is 14.2 Å². The maximum Gasteiger partial charge on any atom is 0.265 e. The van der Waals surface area contributed by atoms with Gasteiger partial charge in [-0.15, -0.1) is 0 Å². The number of carbonyl (C=O) groups excluding carboxylic acids is 2. The third-order valence-electron chi connectivity index (χ3n) is 4.60. The van der Waals surface area contributed by atoms with Gasteiger partial charge in [0.2, 0.25) is 18.6 Å². The molecule has 2 aromatic rings. The van der Waals surface area contributed by atoms with Gasteiger partial charge in [-0.05, 0) is 36.8 Å². The second kappa shape index (κ2) is 7.28. The van der Waals surface area contributed by atoms with Crippen LogP contribution in [0.4, 0.5) is 11.4 Å². The molecule has 0 atom stereocenters. The van der Waals surface area contributed by atoms with Crippen LogP contribution < -0.4 is 23.8 Å². The molecule has 0 saturated carbocycles. The molecular formula is C19H18N2O7S. The molecule has 1 saturated heterocycles. The standard InChI is InChI=1S/C19H18N2O7S/c1-26-15-8-6-13(21-18(22)3-2-4-19(21)23)10-17(15)29(24,25)20-12-5-7-14-16(9-12)28-11-27-14/h5-10,20H,2-4,11H2,1H3. The van der Waals surface area contributed by atoms with Crippen molar-refractivity contribution in [2.24, 2.45) is 0 Å². The summed E-state index contributed by atoms with van der Waals surface area (Å²) in [5, 5.41) is 0. The van der Waals surface area contributed by atoms with Crippen molar-refractivity contribution in [2.45, 2.75) is 24.2 Å². The predicted octanol–water partition coefficient (Wildman–Crippen LogP) is 2.27. The summed E-state index contributed by atoms with van der Waals surface area (Å²) in [7, 11) is -2.75. The second-order valence-electron chi connectivity index (χ2n) is 6.49. The summed E-state index contributed by atoms with van der Waals surface area (Å²) in [5.74, 6) is 0.306. The molecule has 0 aromatic heterocycles. The van der Waals surface area contributed by atoms with Gasteiger partial charge in [0.15, 0.2) is 11.5 Å². The Kier molecular flexibility index (Phi) is 4.79. The molecule has 10 heteroatoms. The molecule has 1 fully saturated rings. The lowest BCUT2D eigenvalue weighted by atomic mass is 10.1. The second-order valence-corrected chi connectivity index (χ2v) is 8.14. The Morgan fingerprint density at radius 1 is 1.00 bits per heavy atom. The average Bonchev–Trinajstić information content (AvgIpc) is 3.15. The smallest absolute Gasteiger partial charge is 0.265 e. The van der Waals surface area contributed by atoms with Crippen molar-refractivity contribution in [3.8, 4) is 17.2 Å². The number of ether oxygens (including phenoxy) is 3. The highest BCUT2D eigenvalue weighted by atomic mass is 32.2. The number of imide groups is 1. The van der Waals surface area contributed by atoms with E-state index in [0.717, 1.165) is 4.90 Å². The summed E-state index contributed by atoms with van der Waals surface area (Å²) in [6, 6.07) is 8.80. The van der Waals surface area contributed by atoms with Crippen LogP contribution in [0.15, 0.2) is 41.3 Å². The highest BCUT2D eigenvalue weighted by Gasteiger charge is 2.30. The Morgan fingerprint density at radius 2 is 1.72 bits per heavy atom. The number of amides is 2. The number of carbonyl (C=O) groups is 2. The summed E-state index contributed by atoms with van der Waals surface area (Å²) in [6.45, 7) is 0.0687. The molecule has 1 N–H and O–H groups in total. The van der Waals surface area contributed by atoms with Gasteiger partial charge in [0.05, 0.1) is 18.5 Å². The number of rotatable bonds is 5. The van der Waals surface area contributed by atoms with Gasteiger partial charge in [0.25, 0.3) is 10.0 Å². The minimum Gasteiger partial charge on any atom is -0.495 e. The average molecular weight is 418 g/mol. The normalized spacial score (nSPS) is 16.1. The number of benzene rings is 2. The van der Waals surface area contributed by atoms with Crippen molar-refractivity contribution in [2.75, 3.05) is 23.5 Å². The van der Waals surface area contributed by atoms with Crippen molar-refractivity contribution >= 4 is 33.2 Å². The molecule has 0 unspecified atom stereocenters. The van der Waals surface area contributed by atoms with Crippen molar-refractivity contribution in [1.29, 1.82) is 0 Å². The Morgan fingerprint density at radius 3 is 2.45 bits per heavy atom. The van der Waals surface area contributed by atoms with E-state index < -0.39 is 10.0 Å². The van der Waals surface area contributed by atoms with E-state index >= 15 is 0 Å². The maximum absolute atomic E-state index is 13.0. The molecule has 2 heterocycles. The Balaban J connectivity index is 1.70. The van der Waals surface area contributed by atoms with E-state index in [1.807, 2.05) is 0 Å². The minimum absolute atomic E-state index is 0.0687. The fourth-order valence-corrected chi connectivity index (χ4v) is 4.47. The van der Waals surface area contributed by atoms with Crippen LogP contribution in [0.25, 0.3) is 0 Å². The first-order valence-electron chi connectivity index (χ1n) is 8.85. The van der Waals surface area contributed by atoms with E-state index in [1.54, 1.807) is 12.1 Å². The molecule has 9 nitrogen and oxygen atoms in total. The molecule has 2 aliphatic rings. The summed E-state index contributed by atoms with van der Waals surface area (Å²) in [5.41, 5.74) is 0.457. The number of nitrogens with one attached hydrogen (secondary N) is 1. The number of anilines is 2. The van der Waals surface area contributed by atoms with Crippen molar-refractivity contribution < 1.29 is 32.2 Å². The van der Waals surface area contributed by atoms with Crippen LogP contribution >= 0.6 is 0 Å². The molecule has 0 bridgehead atoms. The van der Waals surface area contributed by atoms with Gasteiger partial charge in [-0.2, -0.15) is 0 Å². The van der Waals surface area contributed by atoms with Crippen LogP contribution in [0.5, 0.6) is 17.2 Å². The van der Waals surface area contributed by atoms with Crippen LogP contribution in [-0.2, 0) is 19.6 Å². The lowest BCUT2D eigenvalue weighted by molar-refractivity contribution is -0.129. The predicted molar refractivity (Wildman–Crippen MR) is 103 cm³/mol. The van der Waals surface area contributed by atoms with Gasteiger partial charge in [-0.1, -0.05) is 0 Å². The topological polar surface area (TPSA) is 111 Å². The molecule has 2 amide bonds. The largest absolute Gasteiger partial charge is 0.495 e. The van der Waals surface area contributed by atoms with Gasteiger partial charge >= 0.3 is 0 Å². The van der Waals surface area contributed by atoms with Crippen LogP contribution in [0.1, 0.15) is 19.3 Å². The van der Waals surface area contributed by atoms with Crippen LogP contribution in [-0.4, -0.2) is 34.1 Å². The number of fused-ring (bicyclic) bond motifs is 1. The molecule has 2 aromatic carbocycles. The SMILES string of the molecule is COc1ccc(N2C(=O)CCCC2=O)cc1S(=O)(=O)Nc1ccc2c(c1)OCO2. The van der Waals surface area contributed by atoms with E-state index in [9.17, 15) is 18.0 Å². The van der Waals surface area contributed by atoms with Crippen molar-refractivity contribution in [3.05, 3.63) is 36.4 Å². The zero-order chi connectivity index (χ0) is 20.6. The fourth-order valence-electron chi connectivity index (χ4n) is 3.23. The summed E-state index contributed by atoms with van der Waals surface area (Å²) < 4.78 is 44.2. The van der Waals surface area contributed by atoms with Crippen LogP contribution in [0.3, 0.4) is 0 Å². The zero-order valence-electron chi connectivity index (χ0n) is 15.5. The fraction of sp³-hybridized carbons (Fsp3) is 0.263. The van der Waals surface area contributed by atoms with Gasteiger partial charge in [-0.25, -0.2) is 8.42 Å². The number of hydrogen-bond donors (Lipinski definition) is 1. The van der Waals surface area contributed by atoms with Crippen LogP contribution in [0.2, 0.25) is 0 Å². The van der Waals surface area contributed by atoms with E-state index in [0.29, 0.717) is 17.9 Å². The van der Waals surface area contributed by atoms with Crippen molar-refractivity contribution in [1.82, 2.24) is 0 Å². The number of nitrogens with zero attached hydrogens (tertiary/aromatic N) is 1. The first-order chi connectivity index (χ1) is 13.9. The monoisotopic (exact) mass is 418 g/mol. The molecule has 2 aliphatic heterocycles. The van der Waals surface area contributed by atoms with Crippen molar-refractivity contribution in [3.63, 3.8) is 0 Å². The minimum atomic E-state index is -4.09.